The number of aliphatic imine (C=N–C) groups is 2. The van der Waals surface area contributed by atoms with Gasteiger partial charge in [-0.05, 0) is 47.5 Å². The summed E-state index contributed by atoms with van der Waals surface area (Å²) in [6, 6.07) is 65.4. The first-order valence-electron chi connectivity index (χ1n) is 19.2. The Labute approximate surface area is 336 Å². The van der Waals surface area contributed by atoms with Crippen LogP contribution in [0.15, 0.2) is 192 Å². The van der Waals surface area contributed by atoms with Gasteiger partial charge in [-0.25, -0.2) is 9.98 Å². The van der Waals surface area contributed by atoms with Gasteiger partial charge >= 0.3 is 0 Å². The minimum absolute atomic E-state index is 0.238. The highest BCUT2D eigenvalue weighted by Crippen LogP contribution is 2.46. The number of amidine groups is 2. The molecule has 4 heterocycles. The van der Waals surface area contributed by atoms with E-state index in [-0.39, 0.29) is 6.17 Å². The Kier molecular flexibility index (Phi) is 7.30. The molecule has 0 aliphatic carbocycles. The highest BCUT2D eigenvalue weighted by Gasteiger charge is 2.22. The lowest BCUT2D eigenvalue weighted by molar-refractivity contribution is 0.674. The van der Waals surface area contributed by atoms with Crippen molar-refractivity contribution >= 4 is 96.5 Å². The molecule has 1 aliphatic heterocycles. The minimum atomic E-state index is -0.238. The fourth-order valence-corrected chi connectivity index (χ4v) is 11.1. The smallest absolute Gasteiger partial charge is 0.159 e. The predicted octanol–water partition coefficient (Wildman–Crippen LogP) is 13.7. The first-order chi connectivity index (χ1) is 28.2. The van der Waals surface area contributed by atoms with Crippen molar-refractivity contribution in [1.29, 1.82) is 0 Å². The third kappa shape index (κ3) is 5.18. The maximum Gasteiger partial charge on any atom is 0.159 e. The molecule has 0 saturated carbocycles. The van der Waals surface area contributed by atoms with Crippen molar-refractivity contribution in [3.63, 3.8) is 0 Å². The van der Waals surface area contributed by atoms with Crippen LogP contribution < -0.4 is 5.32 Å². The van der Waals surface area contributed by atoms with Crippen molar-refractivity contribution in [2.75, 3.05) is 0 Å². The largest absolute Gasteiger partial charge is 0.344 e. The molecule has 0 fully saturated rings. The molecule has 0 saturated heterocycles. The lowest BCUT2D eigenvalue weighted by Gasteiger charge is -2.23. The Morgan fingerprint density at radius 2 is 1.14 bits per heavy atom. The third-order valence-electron chi connectivity index (χ3n) is 11.3. The number of hydrogen-bond donors (Lipinski definition) is 1. The number of nitrogens with zero attached hydrogens (tertiary/aromatic N) is 3. The number of benzene rings is 8. The minimum Gasteiger partial charge on any atom is -0.344 e. The summed E-state index contributed by atoms with van der Waals surface area (Å²) in [7, 11) is 0. The molecule has 268 valence electrons. The Morgan fingerprint density at radius 1 is 0.474 bits per heavy atom. The molecule has 57 heavy (non-hydrogen) atoms. The highest BCUT2D eigenvalue weighted by atomic mass is 32.1. The summed E-state index contributed by atoms with van der Waals surface area (Å²) in [5.74, 6) is 1.56. The summed E-state index contributed by atoms with van der Waals surface area (Å²) in [6.07, 6.45) is -0.238. The summed E-state index contributed by atoms with van der Waals surface area (Å²) in [4.78, 5) is 10.2. The number of para-hydroxylation sites is 2. The molecule has 11 aromatic rings. The van der Waals surface area contributed by atoms with Crippen molar-refractivity contribution in [3.05, 3.63) is 199 Å². The van der Waals surface area contributed by atoms with Crippen molar-refractivity contribution in [3.8, 4) is 16.8 Å². The molecule has 0 bridgehead atoms. The van der Waals surface area contributed by atoms with Crippen molar-refractivity contribution in [2.24, 2.45) is 9.98 Å². The van der Waals surface area contributed by atoms with Gasteiger partial charge < -0.3 is 9.88 Å². The van der Waals surface area contributed by atoms with Gasteiger partial charge in [-0.3, -0.25) is 0 Å². The van der Waals surface area contributed by atoms with Crippen LogP contribution in [0.25, 0.3) is 79.0 Å². The van der Waals surface area contributed by atoms with Crippen LogP contribution in [0.3, 0.4) is 0 Å². The lowest BCUT2D eigenvalue weighted by Crippen LogP contribution is -2.33. The molecule has 1 N–H and O–H groups in total. The molecular weight excluding hydrogens is 733 g/mol. The first-order valence-corrected chi connectivity index (χ1v) is 20.8. The maximum absolute atomic E-state index is 5.15. The normalized spacial score (nSPS) is 14.5. The second-order valence-electron chi connectivity index (χ2n) is 14.6. The Balaban J connectivity index is 0.985. The maximum atomic E-state index is 5.15. The van der Waals surface area contributed by atoms with E-state index in [0.29, 0.717) is 0 Å². The molecule has 6 heteroatoms. The van der Waals surface area contributed by atoms with E-state index in [1.807, 2.05) is 46.9 Å². The quantitative estimate of drug-likeness (QED) is 0.186. The van der Waals surface area contributed by atoms with Gasteiger partial charge in [0.1, 0.15) is 12.0 Å². The number of fused-ring (bicyclic) bond motifs is 9. The van der Waals surface area contributed by atoms with E-state index in [0.717, 1.165) is 28.4 Å². The van der Waals surface area contributed by atoms with E-state index in [1.165, 1.54) is 79.0 Å². The fourth-order valence-electron chi connectivity index (χ4n) is 8.66. The molecular formula is C51H32N4S2. The summed E-state index contributed by atoms with van der Waals surface area (Å²) in [5.41, 5.74) is 9.32. The van der Waals surface area contributed by atoms with Crippen LogP contribution in [0.2, 0.25) is 0 Å². The third-order valence-corrected chi connectivity index (χ3v) is 13.6. The average molecular weight is 765 g/mol. The van der Waals surface area contributed by atoms with Gasteiger partial charge in [-0.15, -0.1) is 22.7 Å². The summed E-state index contributed by atoms with van der Waals surface area (Å²) < 4.78 is 7.51. The first kappa shape index (κ1) is 32.4. The van der Waals surface area contributed by atoms with Gasteiger partial charge in [0.2, 0.25) is 0 Å². The number of nitrogens with one attached hydrogen (secondary N) is 1. The van der Waals surface area contributed by atoms with Gasteiger partial charge in [0.25, 0.3) is 0 Å². The summed E-state index contributed by atoms with van der Waals surface area (Å²) in [5, 5.41) is 11.3. The van der Waals surface area contributed by atoms with Crippen molar-refractivity contribution in [1.82, 2.24) is 9.88 Å². The molecule has 3 aromatic heterocycles. The van der Waals surface area contributed by atoms with Crippen LogP contribution in [0.4, 0.5) is 0 Å². The zero-order valence-electron chi connectivity index (χ0n) is 30.6. The van der Waals surface area contributed by atoms with Crippen molar-refractivity contribution < 1.29 is 0 Å². The topological polar surface area (TPSA) is 41.7 Å². The standard InChI is InChI=1S/C51H32N4S2/c1-3-13-31(14-4-1)49-52-50(32-15-5-2-6-16-32)54-51(53-49)33-25-27-41-45(29-33)56-44-24-12-19-38(47(41)44)40-21-11-20-39-37-28-26-34(30-46(37)57-48(39)40)55-42-22-9-7-17-35(42)36-18-8-10-23-43(36)55/h1-30,49H,(H,52,53,54). The highest BCUT2D eigenvalue weighted by molar-refractivity contribution is 7.27. The van der Waals surface area contributed by atoms with Crippen molar-refractivity contribution in [2.45, 2.75) is 6.17 Å². The Hall–Kier alpha value is -6.86. The lowest BCUT2D eigenvalue weighted by atomic mass is 9.97. The van der Waals surface area contributed by atoms with Gasteiger partial charge in [0.15, 0.2) is 5.84 Å². The summed E-state index contributed by atoms with van der Waals surface area (Å²) >= 11 is 3.73. The zero-order chi connectivity index (χ0) is 37.5. The van der Waals surface area contributed by atoms with Gasteiger partial charge in [-0.2, -0.15) is 0 Å². The Morgan fingerprint density at radius 3 is 1.95 bits per heavy atom. The summed E-state index contributed by atoms with van der Waals surface area (Å²) in [6.45, 7) is 0. The molecule has 8 aromatic carbocycles. The van der Waals surface area contributed by atoms with Crippen LogP contribution in [-0.4, -0.2) is 16.2 Å². The van der Waals surface area contributed by atoms with Gasteiger partial charge in [-0.1, -0.05) is 146 Å². The van der Waals surface area contributed by atoms with Crippen LogP contribution in [0.5, 0.6) is 0 Å². The number of aromatic nitrogens is 1. The number of rotatable bonds is 5. The fraction of sp³-hybridized carbons (Fsp3) is 0.0196. The molecule has 4 nitrogen and oxygen atoms in total. The molecule has 1 unspecified atom stereocenters. The van der Waals surface area contributed by atoms with E-state index in [4.69, 9.17) is 9.98 Å². The molecule has 0 radical (unpaired) electrons. The molecule has 0 spiro atoms. The monoisotopic (exact) mass is 764 g/mol. The molecule has 0 amide bonds. The zero-order valence-corrected chi connectivity index (χ0v) is 32.2. The van der Waals surface area contributed by atoms with Crippen LogP contribution in [0, 0.1) is 0 Å². The second-order valence-corrected chi connectivity index (χ2v) is 16.7. The van der Waals surface area contributed by atoms with E-state index < -0.39 is 0 Å². The second kappa shape index (κ2) is 12.8. The van der Waals surface area contributed by atoms with Gasteiger partial charge in [0.05, 0.1) is 11.0 Å². The molecule has 1 aliphatic rings. The predicted molar refractivity (Wildman–Crippen MR) is 244 cm³/mol. The average Bonchev–Trinajstić information content (AvgIpc) is 3.96. The van der Waals surface area contributed by atoms with Crippen LogP contribution >= 0.6 is 22.7 Å². The van der Waals surface area contributed by atoms with E-state index in [9.17, 15) is 0 Å². The van der Waals surface area contributed by atoms with E-state index in [2.05, 4.69) is 168 Å². The van der Waals surface area contributed by atoms with Crippen LogP contribution in [-0.2, 0) is 0 Å². The Bertz CT molecular complexity index is 3390. The van der Waals surface area contributed by atoms with Crippen LogP contribution in [0.1, 0.15) is 22.9 Å². The van der Waals surface area contributed by atoms with E-state index in [1.54, 1.807) is 0 Å². The molecule has 12 rings (SSSR count). The number of thiophene rings is 2. The van der Waals surface area contributed by atoms with Gasteiger partial charge in [0, 0.05) is 73.5 Å². The number of hydrogen-bond acceptors (Lipinski definition) is 5. The molecule has 1 atom stereocenters. The SMILES string of the molecule is c1ccc(C2=NC(c3ccc4c(c3)sc3cccc(-c5cccc6c5sc5cc(-n7c8ccccc8c8ccccc87)ccc56)c34)=NC(c3ccccc3)N2)cc1. The van der Waals surface area contributed by atoms with E-state index >= 15 is 0 Å².